The highest BCUT2D eigenvalue weighted by atomic mass is 32.1. The average Bonchev–Trinajstić information content (AvgIpc) is 2.75. The molecule has 0 bridgehead atoms. The van der Waals surface area contributed by atoms with Crippen molar-refractivity contribution in [1.29, 1.82) is 0 Å². The van der Waals surface area contributed by atoms with E-state index in [-0.39, 0.29) is 5.91 Å². The number of aryl methyl sites for hydroxylation is 1. The second-order valence-electron chi connectivity index (χ2n) is 3.61. The van der Waals surface area contributed by atoms with Crippen molar-refractivity contribution >= 4 is 17.2 Å². The number of thiophene rings is 1. The van der Waals surface area contributed by atoms with Gasteiger partial charge in [-0.1, -0.05) is 0 Å². The van der Waals surface area contributed by atoms with Crippen LogP contribution in [0.2, 0.25) is 0 Å². The molecule has 0 aromatic carbocycles. The highest BCUT2D eigenvalue weighted by Crippen LogP contribution is 2.13. The van der Waals surface area contributed by atoms with E-state index in [1.165, 1.54) is 4.88 Å². The Labute approximate surface area is 87.5 Å². The van der Waals surface area contributed by atoms with Gasteiger partial charge in [-0.05, 0) is 26.0 Å². The molecule has 4 heteroatoms. The molecule has 0 spiro atoms. The van der Waals surface area contributed by atoms with Crippen LogP contribution in [0.5, 0.6) is 0 Å². The van der Waals surface area contributed by atoms with Gasteiger partial charge in [0.1, 0.15) is 0 Å². The Hall–Kier alpha value is -0.870. The minimum atomic E-state index is 0.0584. The molecule has 1 fully saturated rings. The molecule has 0 aliphatic carbocycles. The van der Waals surface area contributed by atoms with Crippen LogP contribution in [0.15, 0.2) is 11.4 Å². The maximum Gasteiger partial charge on any atom is 0.252 e. The van der Waals surface area contributed by atoms with E-state index in [4.69, 9.17) is 0 Å². The van der Waals surface area contributed by atoms with Crippen molar-refractivity contribution in [3.05, 3.63) is 21.9 Å². The zero-order chi connectivity index (χ0) is 9.97. The van der Waals surface area contributed by atoms with Gasteiger partial charge in [0.15, 0.2) is 0 Å². The number of carbonyl (C=O) groups excluding carboxylic acids is 1. The first-order valence-corrected chi connectivity index (χ1v) is 5.70. The van der Waals surface area contributed by atoms with Gasteiger partial charge in [0.25, 0.3) is 5.91 Å². The van der Waals surface area contributed by atoms with Crippen molar-refractivity contribution in [3.63, 3.8) is 0 Å². The summed E-state index contributed by atoms with van der Waals surface area (Å²) in [5.74, 6) is 0.0584. The quantitative estimate of drug-likeness (QED) is 0.769. The van der Waals surface area contributed by atoms with Crippen molar-refractivity contribution < 1.29 is 4.79 Å². The Bertz CT molecular complexity index is 329. The molecule has 1 amide bonds. The van der Waals surface area contributed by atoms with Gasteiger partial charge < -0.3 is 10.6 Å². The summed E-state index contributed by atoms with van der Waals surface area (Å²) >= 11 is 1.61. The van der Waals surface area contributed by atoms with E-state index >= 15 is 0 Å². The van der Waals surface area contributed by atoms with Gasteiger partial charge in [-0.3, -0.25) is 4.79 Å². The van der Waals surface area contributed by atoms with Crippen molar-refractivity contribution in [2.75, 3.05) is 13.1 Å². The van der Waals surface area contributed by atoms with Crippen LogP contribution in [-0.4, -0.2) is 25.0 Å². The first-order chi connectivity index (χ1) is 6.75. The highest BCUT2D eigenvalue weighted by Gasteiger charge is 2.17. The normalized spacial score (nSPS) is 21.1. The minimum Gasteiger partial charge on any atom is -0.348 e. The lowest BCUT2D eigenvalue weighted by atomic mass is 10.2. The van der Waals surface area contributed by atoms with Gasteiger partial charge >= 0.3 is 0 Å². The van der Waals surface area contributed by atoms with Crippen molar-refractivity contribution in [1.82, 2.24) is 10.6 Å². The zero-order valence-electron chi connectivity index (χ0n) is 8.17. The maximum atomic E-state index is 11.7. The predicted octanol–water partition coefficient (Wildman–Crippen LogP) is 1.15. The summed E-state index contributed by atoms with van der Waals surface area (Å²) < 4.78 is 0. The van der Waals surface area contributed by atoms with E-state index in [1.807, 2.05) is 18.4 Å². The molecule has 3 nitrogen and oxygen atoms in total. The van der Waals surface area contributed by atoms with E-state index in [0.717, 1.165) is 25.1 Å². The summed E-state index contributed by atoms with van der Waals surface area (Å²) in [6, 6.07) is 2.24. The first kappa shape index (κ1) is 9.68. The van der Waals surface area contributed by atoms with Crippen molar-refractivity contribution in [2.24, 2.45) is 0 Å². The monoisotopic (exact) mass is 210 g/mol. The van der Waals surface area contributed by atoms with Gasteiger partial charge in [-0.2, -0.15) is 0 Å². The molecule has 1 aromatic heterocycles. The zero-order valence-corrected chi connectivity index (χ0v) is 8.99. The Kier molecular flexibility index (Phi) is 2.84. The molecule has 2 heterocycles. The Morgan fingerprint density at radius 3 is 3.14 bits per heavy atom. The SMILES string of the molecule is Cc1cc(C(=O)NC2CCNC2)cs1. The van der Waals surface area contributed by atoms with Gasteiger partial charge in [0.05, 0.1) is 5.56 Å². The standard InChI is InChI=1S/C10H14N2OS/c1-7-4-8(6-14-7)10(13)12-9-2-3-11-5-9/h4,6,9,11H,2-3,5H2,1H3,(H,12,13). The molecule has 1 aliphatic rings. The molecule has 1 saturated heterocycles. The molecular weight excluding hydrogens is 196 g/mol. The van der Waals surface area contributed by atoms with Gasteiger partial charge in [0, 0.05) is 22.8 Å². The van der Waals surface area contributed by atoms with Crippen molar-refractivity contribution in [3.8, 4) is 0 Å². The third-order valence-corrected chi connectivity index (χ3v) is 3.25. The molecule has 76 valence electrons. The molecule has 2 N–H and O–H groups in total. The van der Waals surface area contributed by atoms with E-state index in [1.54, 1.807) is 11.3 Å². The van der Waals surface area contributed by atoms with Crippen LogP contribution in [-0.2, 0) is 0 Å². The van der Waals surface area contributed by atoms with Crippen LogP contribution in [0, 0.1) is 6.92 Å². The van der Waals surface area contributed by atoms with Crippen LogP contribution in [0.4, 0.5) is 0 Å². The topological polar surface area (TPSA) is 41.1 Å². The van der Waals surface area contributed by atoms with Crippen LogP contribution < -0.4 is 10.6 Å². The third kappa shape index (κ3) is 2.13. The number of amides is 1. The smallest absolute Gasteiger partial charge is 0.252 e. The fraction of sp³-hybridized carbons (Fsp3) is 0.500. The Morgan fingerprint density at radius 2 is 2.57 bits per heavy atom. The molecule has 0 saturated carbocycles. The van der Waals surface area contributed by atoms with Crippen LogP contribution in [0.25, 0.3) is 0 Å². The fourth-order valence-corrected chi connectivity index (χ4v) is 2.29. The number of carbonyl (C=O) groups is 1. The summed E-state index contributed by atoms with van der Waals surface area (Å²) in [5, 5.41) is 8.15. The lowest BCUT2D eigenvalue weighted by Crippen LogP contribution is -2.35. The Balaban J connectivity index is 1.95. The number of rotatable bonds is 2. The lowest BCUT2D eigenvalue weighted by molar-refractivity contribution is 0.0940. The summed E-state index contributed by atoms with van der Waals surface area (Å²) in [5.41, 5.74) is 0.791. The number of nitrogens with one attached hydrogen (secondary N) is 2. The number of hydrogen-bond acceptors (Lipinski definition) is 3. The molecule has 14 heavy (non-hydrogen) atoms. The second-order valence-corrected chi connectivity index (χ2v) is 4.72. The molecule has 2 rings (SSSR count). The highest BCUT2D eigenvalue weighted by molar-refractivity contribution is 7.10. The lowest BCUT2D eigenvalue weighted by Gasteiger charge is -2.09. The van der Waals surface area contributed by atoms with E-state index in [9.17, 15) is 4.79 Å². The summed E-state index contributed by atoms with van der Waals surface area (Å²) in [6.45, 7) is 3.92. The van der Waals surface area contributed by atoms with Crippen LogP contribution in [0.1, 0.15) is 21.7 Å². The Morgan fingerprint density at radius 1 is 1.71 bits per heavy atom. The first-order valence-electron chi connectivity index (χ1n) is 4.82. The predicted molar refractivity (Wildman–Crippen MR) is 57.8 cm³/mol. The largest absolute Gasteiger partial charge is 0.348 e. The van der Waals surface area contributed by atoms with Crippen LogP contribution in [0.3, 0.4) is 0 Å². The summed E-state index contributed by atoms with van der Waals surface area (Å²) in [4.78, 5) is 12.9. The fourth-order valence-electron chi connectivity index (χ4n) is 1.61. The van der Waals surface area contributed by atoms with Gasteiger partial charge in [-0.25, -0.2) is 0 Å². The second kappa shape index (κ2) is 4.11. The molecule has 1 unspecified atom stereocenters. The van der Waals surface area contributed by atoms with Gasteiger partial charge in [0.2, 0.25) is 0 Å². The van der Waals surface area contributed by atoms with Crippen LogP contribution >= 0.6 is 11.3 Å². The molecule has 0 radical (unpaired) electrons. The van der Waals surface area contributed by atoms with E-state index in [0.29, 0.717) is 6.04 Å². The summed E-state index contributed by atoms with van der Waals surface area (Å²) in [7, 11) is 0. The summed E-state index contributed by atoms with van der Waals surface area (Å²) in [6.07, 6.45) is 1.04. The molecule has 1 aliphatic heterocycles. The average molecular weight is 210 g/mol. The molecule has 1 atom stereocenters. The molecular formula is C10H14N2OS. The van der Waals surface area contributed by atoms with Crippen molar-refractivity contribution in [2.45, 2.75) is 19.4 Å². The number of hydrogen-bond donors (Lipinski definition) is 2. The van der Waals surface area contributed by atoms with Gasteiger partial charge in [-0.15, -0.1) is 11.3 Å². The van der Waals surface area contributed by atoms with E-state index < -0.39 is 0 Å². The molecule has 1 aromatic rings. The maximum absolute atomic E-state index is 11.7. The third-order valence-electron chi connectivity index (χ3n) is 2.39. The van der Waals surface area contributed by atoms with E-state index in [2.05, 4.69) is 10.6 Å². The minimum absolute atomic E-state index is 0.0584.